The van der Waals surface area contributed by atoms with E-state index in [9.17, 15) is 19.7 Å². The number of hydrogen-bond acceptors (Lipinski definition) is 8. The lowest BCUT2D eigenvalue weighted by Gasteiger charge is -2.35. The molecule has 1 fully saturated rings. The fraction of sp³-hybridized carbons (Fsp3) is 0.308. The zero-order valence-corrected chi connectivity index (χ0v) is 22.7. The molecule has 3 heterocycles. The summed E-state index contributed by atoms with van der Waals surface area (Å²) in [5.74, 6) is 0.261. The summed E-state index contributed by atoms with van der Waals surface area (Å²) in [6.07, 6.45) is 1.36. The third kappa shape index (κ3) is 5.43. The number of non-ortho nitro benzene ring substituents is 1. The maximum absolute atomic E-state index is 14.2. The van der Waals surface area contributed by atoms with E-state index in [0.717, 1.165) is 10.4 Å². The maximum atomic E-state index is 14.2. The molecule has 0 saturated carbocycles. The van der Waals surface area contributed by atoms with Gasteiger partial charge in [-0.05, 0) is 55.2 Å². The molecule has 2 aliphatic heterocycles. The number of amides is 3. The normalized spacial score (nSPS) is 19.2. The van der Waals surface area contributed by atoms with Crippen molar-refractivity contribution in [1.82, 2.24) is 19.5 Å². The number of aromatic nitrogens is 1. The number of ether oxygens (including phenoxy) is 1. The average Bonchev–Trinajstić information content (AvgIpc) is 3.56. The Kier molecular flexibility index (Phi) is 7.49. The smallest absolute Gasteiger partial charge is 0.326 e. The molecule has 0 spiro atoms. The van der Waals surface area contributed by atoms with Crippen LogP contribution in [-0.2, 0) is 4.79 Å². The van der Waals surface area contributed by atoms with Crippen molar-refractivity contribution in [2.45, 2.75) is 32.0 Å². The van der Waals surface area contributed by atoms with E-state index >= 15 is 0 Å². The molecule has 2 atom stereocenters. The average molecular weight is 569 g/mol. The molecule has 202 valence electrons. The highest BCUT2D eigenvalue weighted by Crippen LogP contribution is 2.46. The van der Waals surface area contributed by atoms with Crippen molar-refractivity contribution in [3.63, 3.8) is 0 Å². The Morgan fingerprint density at radius 2 is 2.00 bits per heavy atom. The van der Waals surface area contributed by atoms with Crippen LogP contribution >= 0.6 is 23.1 Å². The van der Waals surface area contributed by atoms with Crippen LogP contribution in [0.15, 0.2) is 59.7 Å². The second-order valence-corrected chi connectivity index (χ2v) is 10.6. The van der Waals surface area contributed by atoms with Crippen molar-refractivity contribution in [3.05, 3.63) is 85.9 Å². The maximum Gasteiger partial charge on any atom is 0.326 e. The minimum atomic E-state index is -0.590. The van der Waals surface area contributed by atoms with Crippen LogP contribution in [0.2, 0.25) is 5.02 Å². The molecule has 2 aromatic carbocycles. The van der Waals surface area contributed by atoms with Crippen LogP contribution < -0.4 is 10.1 Å². The van der Waals surface area contributed by atoms with Gasteiger partial charge in [0.05, 0.1) is 27.5 Å². The van der Waals surface area contributed by atoms with Crippen molar-refractivity contribution >= 4 is 46.6 Å². The predicted octanol–water partition coefficient (Wildman–Crippen LogP) is 4.59. The molecule has 1 saturated heterocycles. The number of hydrogen-bond donors (Lipinski definition) is 1. The Labute approximate surface area is 233 Å². The van der Waals surface area contributed by atoms with Gasteiger partial charge in [-0.2, -0.15) is 0 Å². The minimum Gasteiger partial charge on any atom is -0.490 e. The Morgan fingerprint density at radius 3 is 2.64 bits per heavy atom. The first-order valence-corrected chi connectivity index (χ1v) is 13.4. The molecular weight excluding hydrogens is 544 g/mol. The lowest BCUT2D eigenvalue weighted by atomic mass is 9.98. The first kappa shape index (κ1) is 26.6. The summed E-state index contributed by atoms with van der Waals surface area (Å²) in [5.41, 5.74) is 1.09. The molecule has 2 aliphatic rings. The highest BCUT2D eigenvalue weighted by atomic mass is 35.5. The molecule has 1 N–H and O–H groups in total. The van der Waals surface area contributed by atoms with E-state index in [1.165, 1.54) is 28.6 Å². The minimum absolute atomic E-state index is 0.0980. The molecule has 3 aromatic rings. The summed E-state index contributed by atoms with van der Waals surface area (Å²) < 4.78 is 10.3. The van der Waals surface area contributed by atoms with Crippen LogP contribution in [0, 0.1) is 10.1 Å². The van der Waals surface area contributed by atoms with Crippen LogP contribution in [0.25, 0.3) is 0 Å². The van der Waals surface area contributed by atoms with Gasteiger partial charge in [-0.3, -0.25) is 24.8 Å². The van der Waals surface area contributed by atoms with Gasteiger partial charge < -0.3 is 15.0 Å². The fourth-order valence-corrected chi connectivity index (χ4v) is 5.47. The van der Waals surface area contributed by atoms with Crippen molar-refractivity contribution in [2.75, 3.05) is 19.6 Å². The van der Waals surface area contributed by atoms with Crippen LogP contribution in [0.1, 0.15) is 41.9 Å². The van der Waals surface area contributed by atoms with E-state index in [4.69, 9.17) is 21.3 Å². The number of aliphatic imine (C=N–C) groups is 1. The van der Waals surface area contributed by atoms with Crippen molar-refractivity contribution in [1.29, 1.82) is 0 Å². The van der Waals surface area contributed by atoms with E-state index in [0.29, 0.717) is 23.7 Å². The monoisotopic (exact) mass is 568 g/mol. The van der Waals surface area contributed by atoms with Gasteiger partial charge in [0.15, 0.2) is 0 Å². The number of piperazine rings is 1. The van der Waals surface area contributed by atoms with Crippen molar-refractivity contribution < 1.29 is 19.2 Å². The first-order chi connectivity index (χ1) is 18.7. The molecule has 0 bridgehead atoms. The summed E-state index contributed by atoms with van der Waals surface area (Å²) in [6, 6.07) is 11.8. The zero-order valence-electron chi connectivity index (χ0n) is 21.1. The Morgan fingerprint density at radius 1 is 1.23 bits per heavy atom. The molecule has 5 rings (SSSR count). The largest absolute Gasteiger partial charge is 0.490 e. The van der Waals surface area contributed by atoms with Crippen LogP contribution in [-0.4, -0.2) is 62.6 Å². The van der Waals surface area contributed by atoms with Gasteiger partial charge in [-0.15, -0.1) is 0 Å². The molecule has 39 heavy (non-hydrogen) atoms. The number of nitrogens with zero attached hydrogens (tertiary/aromatic N) is 5. The Bertz CT molecular complexity index is 1430. The van der Waals surface area contributed by atoms with Gasteiger partial charge in [0, 0.05) is 30.4 Å². The topological polar surface area (TPSA) is 130 Å². The molecule has 13 heteroatoms. The standard InChI is InChI=1S/C26H25ClN6O5S/c1-15(2)38-20-13-18(33(36)37)7-8-19(20)25-30-23(16-3-5-17(27)6-4-16)24(21-9-10-29-39-21)32(25)26(35)31-12-11-28-22(34)14-31/h3-10,13,15,23-24H,11-12,14H2,1-2H3,(H,28,34). The van der Waals surface area contributed by atoms with Gasteiger partial charge >= 0.3 is 6.03 Å². The van der Waals surface area contributed by atoms with E-state index in [2.05, 4.69) is 9.69 Å². The van der Waals surface area contributed by atoms with E-state index in [1.807, 2.05) is 32.0 Å². The quantitative estimate of drug-likeness (QED) is 0.342. The molecular formula is C26H25ClN6O5S. The number of carbonyl (C=O) groups excluding carboxylic acids is 2. The fourth-order valence-electron chi connectivity index (χ4n) is 4.64. The Hall–Kier alpha value is -4.03. The molecule has 0 radical (unpaired) electrons. The summed E-state index contributed by atoms with van der Waals surface area (Å²) in [5, 5.41) is 14.8. The number of rotatable bonds is 6. The second kappa shape index (κ2) is 11.0. The first-order valence-electron chi connectivity index (χ1n) is 12.3. The van der Waals surface area contributed by atoms with Gasteiger partial charge in [0.2, 0.25) is 5.91 Å². The zero-order chi connectivity index (χ0) is 27.7. The van der Waals surface area contributed by atoms with Gasteiger partial charge in [-0.1, -0.05) is 23.7 Å². The number of nitro groups is 1. The van der Waals surface area contributed by atoms with E-state index in [1.54, 1.807) is 29.3 Å². The van der Waals surface area contributed by atoms with Gasteiger partial charge in [-0.25, -0.2) is 9.17 Å². The van der Waals surface area contributed by atoms with Crippen molar-refractivity contribution in [2.24, 2.45) is 4.99 Å². The highest BCUT2D eigenvalue weighted by molar-refractivity contribution is 7.05. The summed E-state index contributed by atoms with van der Waals surface area (Å²) in [6.45, 7) is 4.18. The number of nitro benzene ring substituents is 1. The van der Waals surface area contributed by atoms with E-state index < -0.39 is 23.0 Å². The number of benzene rings is 2. The second-order valence-electron chi connectivity index (χ2n) is 9.34. The number of amidine groups is 1. The molecule has 1 aromatic heterocycles. The Balaban J connectivity index is 1.70. The van der Waals surface area contributed by atoms with Gasteiger partial charge in [0.1, 0.15) is 30.2 Å². The number of carbonyl (C=O) groups is 2. The summed E-state index contributed by atoms with van der Waals surface area (Å²) in [4.78, 5) is 46.3. The van der Waals surface area contributed by atoms with Gasteiger partial charge in [0.25, 0.3) is 5.69 Å². The molecule has 11 nitrogen and oxygen atoms in total. The third-order valence-electron chi connectivity index (χ3n) is 6.32. The van der Waals surface area contributed by atoms with Crippen LogP contribution in [0.5, 0.6) is 5.75 Å². The summed E-state index contributed by atoms with van der Waals surface area (Å²) >= 11 is 7.41. The number of nitrogens with one attached hydrogen (secondary N) is 1. The summed E-state index contributed by atoms with van der Waals surface area (Å²) in [7, 11) is 0. The van der Waals surface area contributed by atoms with E-state index in [-0.39, 0.29) is 35.8 Å². The third-order valence-corrected chi connectivity index (χ3v) is 7.39. The number of urea groups is 1. The molecule has 2 unspecified atom stereocenters. The predicted molar refractivity (Wildman–Crippen MR) is 146 cm³/mol. The lowest BCUT2D eigenvalue weighted by molar-refractivity contribution is -0.384. The SMILES string of the molecule is CC(C)Oc1cc([N+](=O)[O-])ccc1C1=NC(c2ccc(Cl)cc2)C(c2ccns2)N1C(=O)N1CCNC(=O)C1. The number of halogens is 1. The van der Waals surface area contributed by atoms with Crippen molar-refractivity contribution in [3.8, 4) is 5.75 Å². The van der Waals surface area contributed by atoms with Crippen LogP contribution in [0.4, 0.5) is 10.5 Å². The van der Waals surface area contributed by atoms with Crippen LogP contribution in [0.3, 0.4) is 0 Å². The molecule has 0 aliphatic carbocycles. The lowest BCUT2D eigenvalue weighted by Crippen LogP contribution is -2.55. The molecule has 3 amide bonds. The highest BCUT2D eigenvalue weighted by Gasteiger charge is 2.46.